The molecule has 1 rings (SSSR count). The van der Waals surface area contributed by atoms with Gasteiger partial charge in [-0.2, -0.15) is 0 Å². The van der Waals surface area contributed by atoms with Gasteiger partial charge in [-0.1, -0.05) is 13.8 Å². The molecule has 20 heavy (non-hydrogen) atoms. The van der Waals surface area contributed by atoms with Gasteiger partial charge in [0.1, 0.15) is 0 Å². The molecular formula is C14H20F2N2O2. The number of nitrogen functional groups attached to an aromatic ring is 1. The number of rotatable bonds is 7. The third-order valence-electron chi connectivity index (χ3n) is 2.71. The Balaban J connectivity index is 2.38. The van der Waals surface area contributed by atoms with Crippen LogP contribution in [0.4, 0.5) is 14.5 Å². The van der Waals surface area contributed by atoms with Gasteiger partial charge in [-0.25, -0.2) is 8.78 Å². The van der Waals surface area contributed by atoms with E-state index in [1.54, 1.807) is 0 Å². The van der Waals surface area contributed by atoms with Crippen molar-refractivity contribution in [1.29, 1.82) is 0 Å². The van der Waals surface area contributed by atoms with Crippen molar-refractivity contribution in [2.75, 3.05) is 25.5 Å². The molecular weight excluding hydrogens is 266 g/mol. The van der Waals surface area contributed by atoms with Gasteiger partial charge < -0.3 is 15.8 Å². The zero-order valence-electron chi connectivity index (χ0n) is 11.7. The van der Waals surface area contributed by atoms with E-state index >= 15 is 0 Å². The molecule has 0 aromatic heterocycles. The first-order valence-corrected chi connectivity index (χ1v) is 6.52. The molecule has 0 heterocycles. The zero-order chi connectivity index (χ0) is 15.1. The maximum atomic E-state index is 13.0. The first-order valence-electron chi connectivity index (χ1n) is 6.52. The normalized spacial score (nSPS) is 10.8. The summed E-state index contributed by atoms with van der Waals surface area (Å²) in [6, 6.07) is 1.59. The predicted octanol–water partition coefficient (Wildman–Crippen LogP) is 2.34. The summed E-state index contributed by atoms with van der Waals surface area (Å²) >= 11 is 0. The Morgan fingerprint density at radius 1 is 1.30 bits per heavy atom. The van der Waals surface area contributed by atoms with Crippen LogP contribution < -0.4 is 11.1 Å². The van der Waals surface area contributed by atoms with Crippen molar-refractivity contribution < 1.29 is 18.3 Å². The van der Waals surface area contributed by atoms with Crippen LogP contribution in [0.2, 0.25) is 0 Å². The summed E-state index contributed by atoms with van der Waals surface area (Å²) in [4.78, 5) is 11.7. The lowest BCUT2D eigenvalue weighted by molar-refractivity contribution is 0.0906. The topological polar surface area (TPSA) is 64.3 Å². The molecule has 0 atom stereocenters. The average Bonchev–Trinajstić information content (AvgIpc) is 2.37. The van der Waals surface area contributed by atoms with E-state index in [9.17, 15) is 13.6 Å². The Labute approximate surface area is 117 Å². The second kappa shape index (κ2) is 7.79. The SMILES string of the molecule is CC(C)CCOCCNC(=O)c1cc(F)c(F)cc1N. The predicted molar refractivity (Wildman–Crippen MR) is 73.4 cm³/mol. The third kappa shape index (κ3) is 5.13. The standard InChI is InChI=1S/C14H20F2N2O2/c1-9(2)3-5-20-6-4-18-14(19)10-7-11(15)12(16)8-13(10)17/h7-9H,3-6,17H2,1-2H3,(H,18,19). The van der Waals surface area contributed by atoms with Crippen molar-refractivity contribution in [3.63, 3.8) is 0 Å². The number of nitrogens with one attached hydrogen (secondary N) is 1. The first kappa shape index (κ1) is 16.4. The highest BCUT2D eigenvalue weighted by Gasteiger charge is 2.13. The van der Waals surface area contributed by atoms with Crippen LogP contribution in [0.3, 0.4) is 0 Å². The van der Waals surface area contributed by atoms with E-state index in [0.717, 1.165) is 18.6 Å². The van der Waals surface area contributed by atoms with Gasteiger partial charge in [0.15, 0.2) is 11.6 Å². The van der Waals surface area contributed by atoms with Gasteiger partial charge in [-0.05, 0) is 18.4 Å². The van der Waals surface area contributed by atoms with Crippen LogP contribution in [0.5, 0.6) is 0 Å². The summed E-state index contributed by atoms with van der Waals surface area (Å²) in [7, 11) is 0. The number of anilines is 1. The lowest BCUT2D eigenvalue weighted by Gasteiger charge is -2.09. The molecule has 0 fully saturated rings. The number of hydrogen-bond donors (Lipinski definition) is 2. The Hall–Kier alpha value is -1.69. The van der Waals surface area contributed by atoms with E-state index in [-0.39, 0.29) is 17.8 Å². The van der Waals surface area contributed by atoms with E-state index < -0.39 is 17.5 Å². The van der Waals surface area contributed by atoms with Crippen LogP contribution in [0.1, 0.15) is 30.6 Å². The summed E-state index contributed by atoms with van der Waals surface area (Å²) in [5, 5.41) is 2.54. The summed E-state index contributed by atoms with van der Waals surface area (Å²) in [5.74, 6) is -2.16. The molecule has 1 aromatic rings. The van der Waals surface area contributed by atoms with Gasteiger partial charge in [0.2, 0.25) is 0 Å². The smallest absolute Gasteiger partial charge is 0.253 e. The van der Waals surface area contributed by atoms with Crippen LogP contribution in [-0.4, -0.2) is 25.7 Å². The number of ether oxygens (including phenoxy) is 1. The number of carbonyl (C=O) groups excluding carboxylic acids is 1. The van der Waals surface area contributed by atoms with Crippen molar-refractivity contribution in [2.24, 2.45) is 5.92 Å². The lowest BCUT2D eigenvalue weighted by Crippen LogP contribution is -2.28. The highest BCUT2D eigenvalue weighted by Crippen LogP contribution is 2.16. The fraction of sp³-hybridized carbons (Fsp3) is 0.500. The summed E-state index contributed by atoms with van der Waals surface area (Å²) in [6.07, 6.45) is 0.948. The molecule has 0 radical (unpaired) electrons. The van der Waals surface area contributed by atoms with Crippen LogP contribution in [-0.2, 0) is 4.74 Å². The Morgan fingerprint density at radius 3 is 2.60 bits per heavy atom. The molecule has 0 aliphatic heterocycles. The maximum Gasteiger partial charge on any atom is 0.253 e. The van der Waals surface area contributed by atoms with Gasteiger partial charge in [0.25, 0.3) is 5.91 Å². The number of benzene rings is 1. The van der Waals surface area contributed by atoms with E-state index in [1.807, 2.05) is 0 Å². The number of amides is 1. The second-order valence-electron chi connectivity index (χ2n) is 4.90. The van der Waals surface area contributed by atoms with Crippen LogP contribution in [0.25, 0.3) is 0 Å². The van der Waals surface area contributed by atoms with E-state index in [2.05, 4.69) is 19.2 Å². The number of halogens is 2. The van der Waals surface area contributed by atoms with Crippen LogP contribution in [0, 0.1) is 17.6 Å². The first-order chi connectivity index (χ1) is 9.41. The fourth-order valence-corrected chi connectivity index (χ4v) is 1.51. The zero-order valence-corrected chi connectivity index (χ0v) is 11.7. The van der Waals surface area contributed by atoms with E-state index in [0.29, 0.717) is 19.1 Å². The van der Waals surface area contributed by atoms with Crippen molar-refractivity contribution in [3.05, 3.63) is 29.3 Å². The lowest BCUT2D eigenvalue weighted by atomic mass is 10.1. The van der Waals surface area contributed by atoms with Gasteiger partial charge in [0.05, 0.1) is 12.2 Å². The van der Waals surface area contributed by atoms with Crippen LogP contribution >= 0.6 is 0 Å². The Kier molecular flexibility index (Phi) is 6.38. The largest absolute Gasteiger partial charge is 0.398 e. The van der Waals surface area contributed by atoms with E-state index in [4.69, 9.17) is 10.5 Å². The van der Waals surface area contributed by atoms with Crippen molar-refractivity contribution in [2.45, 2.75) is 20.3 Å². The molecule has 0 saturated carbocycles. The molecule has 0 spiro atoms. The quantitative estimate of drug-likeness (QED) is 0.597. The molecule has 6 heteroatoms. The van der Waals surface area contributed by atoms with Crippen LogP contribution in [0.15, 0.2) is 12.1 Å². The molecule has 0 aliphatic rings. The van der Waals surface area contributed by atoms with Crippen molar-refractivity contribution >= 4 is 11.6 Å². The Morgan fingerprint density at radius 2 is 1.95 bits per heavy atom. The molecule has 0 saturated heterocycles. The van der Waals surface area contributed by atoms with E-state index in [1.165, 1.54) is 0 Å². The van der Waals surface area contributed by atoms with Gasteiger partial charge in [-0.15, -0.1) is 0 Å². The second-order valence-corrected chi connectivity index (χ2v) is 4.90. The van der Waals surface area contributed by atoms with Gasteiger partial charge >= 0.3 is 0 Å². The highest BCUT2D eigenvalue weighted by molar-refractivity contribution is 5.99. The number of carbonyl (C=O) groups is 1. The Bertz CT molecular complexity index is 465. The minimum absolute atomic E-state index is 0.0777. The minimum atomic E-state index is -1.10. The molecule has 4 nitrogen and oxygen atoms in total. The van der Waals surface area contributed by atoms with Crippen molar-refractivity contribution in [1.82, 2.24) is 5.32 Å². The molecule has 0 unspecified atom stereocenters. The molecule has 0 bridgehead atoms. The summed E-state index contributed by atoms with van der Waals surface area (Å²) < 4.78 is 31.2. The monoisotopic (exact) mass is 286 g/mol. The molecule has 3 N–H and O–H groups in total. The number of hydrogen-bond acceptors (Lipinski definition) is 3. The summed E-state index contributed by atoms with van der Waals surface area (Å²) in [6.45, 7) is 5.46. The number of nitrogens with two attached hydrogens (primary N) is 1. The molecule has 0 aliphatic carbocycles. The molecule has 1 amide bonds. The molecule has 1 aromatic carbocycles. The molecule has 112 valence electrons. The average molecular weight is 286 g/mol. The maximum absolute atomic E-state index is 13.0. The summed E-state index contributed by atoms with van der Waals surface area (Å²) in [5.41, 5.74) is 5.30. The third-order valence-corrected chi connectivity index (χ3v) is 2.71. The fourth-order valence-electron chi connectivity index (χ4n) is 1.51. The van der Waals surface area contributed by atoms with Gasteiger partial charge in [-0.3, -0.25) is 4.79 Å². The van der Waals surface area contributed by atoms with Crippen molar-refractivity contribution in [3.8, 4) is 0 Å². The van der Waals surface area contributed by atoms with Gasteiger partial charge in [0, 0.05) is 24.9 Å². The minimum Gasteiger partial charge on any atom is -0.398 e. The highest BCUT2D eigenvalue weighted by atomic mass is 19.2.